The summed E-state index contributed by atoms with van der Waals surface area (Å²) in [5.41, 5.74) is 0.646. The predicted molar refractivity (Wildman–Crippen MR) is 129 cm³/mol. The normalized spacial score (nSPS) is 18.7. The number of piperidine rings is 1. The van der Waals surface area contributed by atoms with Gasteiger partial charge in [-0.1, -0.05) is 0 Å². The van der Waals surface area contributed by atoms with E-state index in [-0.39, 0.29) is 29.0 Å². The number of morpholine rings is 1. The third-order valence-corrected chi connectivity index (χ3v) is 6.82. The van der Waals surface area contributed by atoms with Gasteiger partial charge in [-0.25, -0.2) is 9.59 Å². The maximum Gasteiger partial charge on any atom is 0.343 e. The minimum Gasteiger partial charge on any atom is -0.507 e. The highest BCUT2D eigenvalue weighted by atomic mass is 16.5. The van der Waals surface area contributed by atoms with Crippen LogP contribution in [-0.4, -0.2) is 66.9 Å². The number of hydrogen-bond donors (Lipinski definition) is 1. The molecular weight excluding hydrogens is 452 g/mol. The fourth-order valence-corrected chi connectivity index (χ4v) is 4.73. The Bertz CT molecular complexity index is 1290. The fourth-order valence-electron chi connectivity index (χ4n) is 4.73. The number of amides is 2. The number of likely N-dealkylation sites (tertiary alicyclic amines) is 1. The summed E-state index contributed by atoms with van der Waals surface area (Å²) in [6.07, 6.45) is 1.97. The second-order valence-electron chi connectivity index (χ2n) is 9.27. The van der Waals surface area contributed by atoms with Crippen molar-refractivity contribution in [2.45, 2.75) is 26.7 Å². The van der Waals surface area contributed by atoms with E-state index in [0.29, 0.717) is 62.1 Å². The molecule has 35 heavy (non-hydrogen) atoms. The van der Waals surface area contributed by atoms with Gasteiger partial charge in [-0.15, -0.1) is 0 Å². The topological polar surface area (TPSA) is 106 Å². The largest absolute Gasteiger partial charge is 0.507 e. The molecule has 3 aromatic rings. The van der Waals surface area contributed by atoms with E-state index in [1.165, 1.54) is 6.92 Å². The van der Waals surface area contributed by atoms with Crippen LogP contribution >= 0.6 is 0 Å². The van der Waals surface area contributed by atoms with Crippen molar-refractivity contribution in [1.29, 1.82) is 0 Å². The Balaban J connectivity index is 1.26. The van der Waals surface area contributed by atoms with Crippen LogP contribution < -0.4 is 10.4 Å². The number of aromatic hydroxyl groups is 1. The molecule has 0 bridgehead atoms. The zero-order chi connectivity index (χ0) is 24.5. The molecule has 186 valence electrons. The molecule has 2 aromatic heterocycles. The van der Waals surface area contributed by atoms with Crippen LogP contribution in [-0.2, 0) is 4.74 Å². The van der Waals surface area contributed by atoms with Crippen LogP contribution in [0.1, 0.15) is 24.0 Å². The second kappa shape index (κ2) is 9.65. The van der Waals surface area contributed by atoms with Gasteiger partial charge in [0.1, 0.15) is 17.1 Å². The molecular formula is C26H30N2O7. The number of hydrogen-bond acceptors (Lipinski definition) is 7. The maximum absolute atomic E-state index is 12.8. The summed E-state index contributed by atoms with van der Waals surface area (Å²) in [7, 11) is 0. The number of carbonyl (C=O) groups excluding carboxylic acids is 1. The molecule has 1 atom stereocenters. The van der Waals surface area contributed by atoms with Crippen molar-refractivity contribution < 1.29 is 28.2 Å². The van der Waals surface area contributed by atoms with Gasteiger partial charge in [-0.05, 0) is 51.0 Å². The lowest BCUT2D eigenvalue weighted by molar-refractivity contribution is 0.0374. The van der Waals surface area contributed by atoms with Gasteiger partial charge in [-0.2, -0.15) is 0 Å². The average molecular weight is 483 g/mol. The molecule has 0 radical (unpaired) electrons. The van der Waals surface area contributed by atoms with E-state index in [1.807, 2.05) is 28.0 Å². The highest BCUT2D eigenvalue weighted by Crippen LogP contribution is 2.34. The predicted octanol–water partition coefficient (Wildman–Crippen LogP) is 3.92. The molecule has 2 fully saturated rings. The van der Waals surface area contributed by atoms with Gasteiger partial charge in [0.25, 0.3) is 0 Å². The van der Waals surface area contributed by atoms with Gasteiger partial charge in [0, 0.05) is 43.0 Å². The molecule has 2 aliphatic heterocycles. The highest BCUT2D eigenvalue weighted by Gasteiger charge is 2.28. The maximum atomic E-state index is 12.8. The molecule has 0 aliphatic carbocycles. The number of urea groups is 1. The molecule has 1 N–H and O–H groups in total. The summed E-state index contributed by atoms with van der Waals surface area (Å²) in [4.78, 5) is 28.7. The van der Waals surface area contributed by atoms with E-state index < -0.39 is 5.63 Å². The lowest BCUT2D eigenvalue weighted by Crippen LogP contribution is -2.51. The van der Waals surface area contributed by atoms with E-state index in [1.54, 1.807) is 13.0 Å². The summed E-state index contributed by atoms with van der Waals surface area (Å²) in [5, 5.41) is 11.0. The third-order valence-electron chi connectivity index (χ3n) is 6.82. The Labute approximate surface area is 202 Å². The first-order valence-electron chi connectivity index (χ1n) is 12.0. The van der Waals surface area contributed by atoms with Crippen molar-refractivity contribution in [3.8, 4) is 23.0 Å². The van der Waals surface area contributed by atoms with Crippen molar-refractivity contribution in [3.05, 3.63) is 45.8 Å². The Hall–Kier alpha value is -3.46. The number of rotatable bonds is 4. The molecule has 0 saturated carbocycles. The zero-order valence-corrected chi connectivity index (χ0v) is 20.0. The van der Waals surface area contributed by atoms with Crippen LogP contribution in [0.5, 0.6) is 11.5 Å². The smallest absolute Gasteiger partial charge is 0.343 e. The number of fused-ring (bicyclic) bond motifs is 1. The second-order valence-corrected chi connectivity index (χ2v) is 9.27. The van der Waals surface area contributed by atoms with Gasteiger partial charge >= 0.3 is 11.7 Å². The van der Waals surface area contributed by atoms with Crippen molar-refractivity contribution in [3.63, 3.8) is 0 Å². The van der Waals surface area contributed by atoms with Crippen molar-refractivity contribution in [2.24, 2.45) is 5.92 Å². The minimum absolute atomic E-state index is 0.0886. The number of furan rings is 1. The standard InChI is InChI=1S/C26H30N2O7/c1-16-23(29)17(2)25(30)35-24(16)22-13-19-12-20(5-6-21(19)34-22)33-15-18-4-3-7-28(14-18)26(31)27-8-10-32-11-9-27/h5-6,12-13,18,29H,3-4,7-11,14-15H2,1-2H3. The summed E-state index contributed by atoms with van der Waals surface area (Å²) < 4.78 is 22.7. The minimum atomic E-state index is -0.596. The first kappa shape index (κ1) is 23.3. The van der Waals surface area contributed by atoms with Gasteiger partial charge < -0.3 is 33.2 Å². The van der Waals surface area contributed by atoms with Gasteiger partial charge in [0.15, 0.2) is 11.5 Å². The van der Waals surface area contributed by atoms with E-state index >= 15 is 0 Å². The zero-order valence-electron chi connectivity index (χ0n) is 20.0. The fraction of sp³-hybridized carbons (Fsp3) is 0.462. The van der Waals surface area contributed by atoms with Gasteiger partial charge in [0.2, 0.25) is 0 Å². The van der Waals surface area contributed by atoms with E-state index in [0.717, 1.165) is 24.8 Å². The van der Waals surface area contributed by atoms with Crippen molar-refractivity contribution in [2.75, 3.05) is 46.0 Å². The Morgan fingerprint density at radius 2 is 1.89 bits per heavy atom. The van der Waals surface area contributed by atoms with Crippen LogP contribution in [0.4, 0.5) is 4.79 Å². The Morgan fingerprint density at radius 1 is 1.09 bits per heavy atom. The Kier molecular flexibility index (Phi) is 6.42. The number of ether oxygens (including phenoxy) is 2. The quantitative estimate of drug-likeness (QED) is 0.601. The molecule has 1 aromatic carbocycles. The van der Waals surface area contributed by atoms with E-state index in [4.69, 9.17) is 18.3 Å². The van der Waals surface area contributed by atoms with Crippen LogP contribution in [0.25, 0.3) is 22.5 Å². The molecule has 2 aliphatic rings. The SMILES string of the molecule is Cc1c(-c2cc3cc(OCC4CCCN(C(=O)N5CCOCC5)C4)ccc3o2)oc(=O)c(C)c1O. The monoisotopic (exact) mass is 482 g/mol. The van der Waals surface area contributed by atoms with Crippen molar-refractivity contribution >= 4 is 17.0 Å². The molecule has 9 nitrogen and oxygen atoms in total. The van der Waals surface area contributed by atoms with Gasteiger partial charge in [0.05, 0.1) is 25.4 Å². The van der Waals surface area contributed by atoms with Crippen LogP contribution in [0.15, 0.2) is 37.9 Å². The Morgan fingerprint density at radius 3 is 2.69 bits per heavy atom. The summed E-state index contributed by atoms with van der Waals surface area (Å²) in [6.45, 7) is 7.67. The van der Waals surface area contributed by atoms with Crippen molar-refractivity contribution in [1.82, 2.24) is 9.80 Å². The molecule has 2 saturated heterocycles. The number of nitrogens with zero attached hydrogens (tertiary/aromatic N) is 2. The lowest BCUT2D eigenvalue weighted by Gasteiger charge is -2.37. The lowest BCUT2D eigenvalue weighted by atomic mass is 9.99. The number of benzene rings is 1. The van der Waals surface area contributed by atoms with Gasteiger partial charge in [-0.3, -0.25) is 0 Å². The highest BCUT2D eigenvalue weighted by molar-refractivity contribution is 5.84. The van der Waals surface area contributed by atoms with Crippen LogP contribution in [0.2, 0.25) is 0 Å². The summed E-state index contributed by atoms with van der Waals surface area (Å²) in [5.74, 6) is 1.45. The molecule has 0 spiro atoms. The van der Waals surface area contributed by atoms with Crippen LogP contribution in [0.3, 0.4) is 0 Å². The molecule has 9 heteroatoms. The summed E-state index contributed by atoms with van der Waals surface area (Å²) in [6, 6.07) is 7.39. The first-order valence-corrected chi connectivity index (χ1v) is 12.0. The van der Waals surface area contributed by atoms with E-state index in [2.05, 4.69) is 0 Å². The molecule has 4 heterocycles. The molecule has 5 rings (SSSR count). The van der Waals surface area contributed by atoms with Crippen LogP contribution in [0, 0.1) is 19.8 Å². The molecule has 1 unspecified atom stereocenters. The number of carbonyl (C=O) groups is 1. The summed E-state index contributed by atoms with van der Waals surface area (Å²) >= 11 is 0. The molecule has 2 amide bonds. The van der Waals surface area contributed by atoms with E-state index in [9.17, 15) is 14.7 Å². The average Bonchev–Trinajstić information content (AvgIpc) is 3.31. The first-order chi connectivity index (χ1) is 16.9. The third kappa shape index (κ3) is 4.73.